The number of halogens is 1. The highest BCUT2D eigenvalue weighted by Gasteiger charge is 2.09. The lowest BCUT2D eigenvalue weighted by Gasteiger charge is -2.13. The van der Waals surface area contributed by atoms with E-state index in [1.807, 2.05) is 6.07 Å². The number of nitrogens with one attached hydrogen (secondary N) is 1. The quantitative estimate of drug-likeness (QED) is 0.528. The second-order valence-corrected chi connectivity index (χ2v) is 6.64. The molecule has 3 N–H and O–H groups in total. The maximum Gasteiger partial charge on any atom is 0.331 e. The summed E-state index contributed by atoms with van der Waals surface area (Å²) in [4.78, 5) is 26.9. The van der Waals surface area contributed by atoms with Crippen LogP contribution < -0.4 is 21.7 Å². The van der Waals surface area contributed by atoms with E-state index in [0.717, 1.165) is 4.90 Å². The van der Waals surface area contributed by atoms with E-state index < -0.39 is 11.2 Å². The molecule has 0 amide bonds. The third-order valence-corrected chi connectivity index (χ3v) is 4.54. The van der Waals surface area contributed by atoms with Crippen molar-refractivity contribution in [3.05, 3.63) is 80.5 Å². The Labute approximate surface area is 152 Å². The Morgan fingerprint density at radius 2 is 1.88 bits per heavy atom. The molecular formula is C17H14ClN3O3S. The van der Waals surface area contributed by atoms with Crippen LogP contribution in [0.15, 0.2) is 74.1 Å². The third-order valence-electron chi connectivity index (χ3n) is 3.25. The van der Waals surface area contributed by atoms with Crippen LogP contribution in [0, 0.1) is 0 Å². The number of hydrogen-bond donors (Lipinski definition) is 2. The van der Waals surface area contributed by atoms with Crippen molar-refractivity contribution in [2.24, 2.45) is 0 Å². The molecule has 8 heteroatoms. The van der Waals surface area contributed by atoms with Gasteiger partial charge in [-0.1, -0.05) is 29.4 Å². The number of rotatable bonds is 5. The molecule has 0 bridgehead atoms. The van der Waals surface area contributed by atoms with Crippen molar-refractivity contribution in [2.75, 3.05) is 5.73 Å². The number of aromatic nitrogens is 2. The normalized spacial score (nSPS) is 10.6. The molecule has 1 heterocycles. The molecule has 0 unspecified atom stereocenters. The van der Waals surface area contributed by atoms with Gasteiger partial charge in [-0.15, -0.1) is 0 Å². The van der Waals surface area contributed by atoms with Gasteiger partial charge in [0, 0.05) is 21.7 Å². The van der Waals surface area contributed by atoms with Crippen LogP contribution in [0.2, 0.25) is 5.02 Å². The van der Waals surface area contributed by atoms with E-state index in [0.29, 0.717) is 21.5 Å². The maximum atomic E-state index is 12.2. The Bertz CT molecular complexity index is 999. The van der Waals surface area contributed by atoms with Gasteiger partial charge in [0.05, 0.1) is 5.03 Å². The van der Waals surface area contributed by atoms with E-state index in [1.165, 1.54) is 22.4 Å². The first-order chi connectivity index (χ1) is 12.0. The van der Waals surface area contributed by atoms with Gasteiger partial charge in [-0.25, -0.2) is 4.79 Å². The molecule has 1 aromatic heterocycles. The van der Waals surface area contributed by atoms with Gasteiger partial charge in [0.2, 0.25) is 0 Å². The summed E-state index contributed by atoms with van der Waals surface area (Å²) >= 11 is 7.09. The molecule has 0 fully saturated rings. The number of H-pyrrole nitrogens is 1. The average Bonchev–Trinajstić information content (AvgIpc) is 2.55. The summed E-state index contributed by atoms with van der Waals surface area (Å²) < 4.78 is 6.95. The predicted molar refractivity (Wildman–Crippen MR) is 98.4 cm³/mol. The van der Waals surface area contributed by atoms with Crippen molar-refractivity contribution in [3.63, 3.8) is 0 Å². The van der Waals surface area contributed by atoms with Crippen molar-refractivity contribution in [1.29, 1.82) is 0 Å². The molecule has 128 valence electrons. The molecule has 0 spiro atoms. The van der Waals surface area contributed by atoms with E-state index in [-0.39, 0.29) is 6.73 Å². The van der Waals surface area contributed by atoms with Gasteiger partial charge in [0.15, 0.2) is 6.73 Å². The van der Waals surface area contributed by atoms with E-state index in [9.17, 15) is 9.59 Å². The van der Waals surface area contributed by atoms with Gasteiger partial charge in [-0.3, -0.25) is 14.3 Å². The van der Waals surface area contributed by atoms with Crippen molar-refractivity contribution >= 4 is 29.1 Å². The largest absolute Gasteiger partial charge is 0.473 e. The number of anilines is 1. The second kappa shape index (κ2) is 7.50. The maximum absolute atomic E-state index is 12.2. The lowest BCUT2D eigenvalue weighted by atomic mass is 10.3. The fourth-order valence-corrected chi connectivity index (χ4v) is 3.20. The zero-order valence-corrected chi connectivity index (χ0v) is 14.5. The number of ether oxygens (including phenoxy) is 1. The average molecular weight is 376 g/mol. The Morgan fingerprint density at radius 3 is 2.60 bits per heavy atom. The van der Waals surface area contributed by atoms with Gasteiger partial charge >= 0.3 is 5.69 Å². The van der Waals surface area contributed by atoms with Gasteiger partial charge in [0.1, 0.15) is 5.75 Å². The van der Waals surface area contributed by atoms with E-state index >= 15 is 0 Å². The molecule has 0 aliphatic rings. The molecule has 0 aliphatic heterocycles. The molecule has 0 radical (unpaired) electrons. The minimum absolute atomic E-state index is 0.0537. The van der Waals surface area contributed by atoms with Gasteiger partial charge in [-0.05, 0) is 42.5 Å². The number of nitrogens with zero attached hydrogens (tertiary/aromatic N) is 1. The summed E-state index contributed by atoms with van der Waals surface area (Å²) in [5.41, 5.74) is 5.35. The topological polar surface area (TPSA) is 90.1 Å². The third kappa shape index (κ3) is 4.46. The van der Waals surface area contributed by atoms with Crippen LogP contribution in [-0.2, 0) is 6.73 Å². The highest BCUT2D eigenvalue weighted by Crippen LogP contribution is 2.27. The predicted octanol–water partition coefficient (Wildman–Crippen LogP) is 2.96. The van der Waals surface area contributed by atoms with Crippen LogP contribution in [0.3, 0.4) is 0 Å². The minimum Gasteiger partial charge on any atom is -0.473 e. The van der Waals surface area contributed by atoms with Crippen molar-refractivity contribution < 1.29 is 4.74 Å². The molecule has 3 rings (SSSR count). The highest BCUT2D eigenvalue weighted by atomic mass is 35.5. The first-order valence-electron chi connectivity index (χ1n) is 7.27. The van der Waals surface area contributed by atoms with Gasteiger partial charge < -0.3 is 10.5 Å². The summed E-state index contributed by atoms with van der Waals surface area (Å²) in [5, 5.41) is 1.04. The summed E-state index contributed by atoms with van der Waals surface area (Å²) in [6.07, 6.45) is 0. The summed E-state index contributed by atoms with van der Waals surface area (Å²) in [6.45, 7) is -0.0537. The van der Waals surface area contributed by atoms with Gasteiger partial charge in [-0.2, -0.15) is 0 Å². The SMILES string of the molecule is Nc1cccc(Sc2cc(=O)[nH]c(=O)n2COc2ccc(Cl)cc2)c1. The Balaban J connectivity index is 1.88. The molecule has 3 aromatic rings. The summed E-state index contributed by atoms with van der Waals surface area (Å²) in [7, 11) is 0. The van der Waals surface area contributed by atoms with Crippen molar-refractivity contribution in [3.8, 4) is 5.75 Å². The van der Waals surface area contributed by atoms with Crippen LogP contribution in [0.1, 0.15) is 0 Å². The fraction of sp³-hybridized carbons (Fsp3) is 0.0588. The molecule has 0 atom stereocenters. The van der Waals surface area contributed by atoms with E-state index in [2.05, 4.69) is 4.98 Å². The molecule has 25 heavy (non-hydrogen) atoms. The zero-order chi connectivity index (χ0) is 17.8. The molecule has 6 nitrogen and oxygen atoms in total. The number of nitrogen functional groups attached to an aromatic ring is 1. The molecule has 0 aliphatic carbocycles. The number of hydrogen-bond acceptors (Lipinski definition) is 5. The Morgan fingerprint density at radius 1 is 1.12 bits per heavy atom. The molecular weight excluding hydrogens is 362 g/mol. The van der Waals surface area contributed by atoms with Crippen LogP contribution in [0.5, 0.6) is 5.75 Å². The smallest absolute Gasteiger partial charge is 0.331 e. The van der Waals surface area contributed by atoms with Crippen LogP contribution in [0.4, 0.5) is 5.69 Å². The first-order valence-corrected chi connectivity index (χ1v) is 8.46. The molecule has 0 saturated heterocycles. The monoisotopic (exact) mass is 375 g/mol. The fourth-order valence-electron chi connectivity index (χ4n) is 2.07. The number of aromatic amines is 1. The first kappa shape index (κ1) is 17.2. The summed E-state index contributed by atoms with van der Waals surface area (Å²) in [5.74, 6) is 0.558. The standard InChI is InChI=1S/C17H14ClN3O3S/c18-11-4-6-13(7-5-11)24-10-21-16(9-15(22)20-17(21)23)25-14-3-1-2-12(19)8-14/h1-9H,10,19H2,(H,20,22,23). The molecule has 0 saturated carbocycles. The summed E-state index contributed by atoms with van der Waals surface area (Å²) in [6, 6.07) is 15.3. The van der Waals surface area contributed by atoms with Crippen molar-refractivity contribution in [2.45, 2.75) is 16.7 Å². The lowest BCUT2D eigenvalue weighted by Crippen LogP contribution is -2.32. The lowest BCUT2D eigenvalue weighted by molar-refractivity contribution is 0.219. The Kier molecular flexibility index (Phi) is 5.16. The molecule has 2 aromatic carbocycles. The van der Waals surface area contributed by atoms with Crippen molar-refractivity contribution in [1.82, 2.24) is 9.55 Å². The highest BCUT2D eigenvalue weighted by molar-refractivity contribution is 7.99. The second-order valence-electron chi connectivity index (χ2n) is 5.11. The van der Waals surface area contributed by atoms with E-state index in [1.54, 1.807) is 42.5 Å². The number of nitrogens with two attached hydrogens (primary N) is 1. The van der Waals surface area contributed by atoms with E-state index in [4.69, 9.17) is 22.1 Å². The Hall–Kier alpha value is -2.64. The van der Waals surface area contributed by atoms with Crippen LogP contribution in [-0.4, -0.2) is 9.55 Å². The van der Waals surface area contributed by atoms with Gasteiger partial charge in [0.25, 0.3) is 5.56 Å². The zero-order valence-electron chi connectivity index (χ0n) is 12.9. The minimum atomic E-state index is -0.548. The number of benzene rings is 2. The van der Waals surface area contributed by atoms with Crippen LogP contribution >= 0.6 is 23.4 Å². The van der Waals surface area contributed by atoms with Crippen LogP contribution in [0.25, 0.3) is 0 Å².